The fourth-order valence-corrected chi connectivity index (χ4v) is 2.14. The largest absolute Gasteiger partial charge is 0.490 e. The van der Waals surface area contributed by atoms with Gasteiger partial charge in [-0.05, 0) is 74.7 Å². The Labute approximate surface area is 138 Å². The van der Waals surface area contributed by atoms with Crippen LogP contribution in [0.1, 0.15) is 30.5 Å². The van der Waals surface area contributed by atoms with Crippen LogP contribution in [0.15, 0.2) is 41.5 Å². The van der Waals surface area contributed by atoms with Crippen LogP contribution in [-0.4, -0.2) is 19.4 Å². The van der Waals surface area contributed by atoms with Gasteiger partial charge in [-0.15, -0.1) is 0 Å². The van der Waals surface area contributed by atoms with Gasteiger partial charge in [-0.3, -0.25) is 5.43 Å². The van der Waals surface area contributed by atoms with Crippen molar-refractivity contribution in [3.63, 3.8) is 0 Å². The summed E-state index contributed by atoms with van der Waals surface area (Å²) in [5, 5.41) is 4.29. The van der Waals surface area contributed by atoms with Gasteiger partial charge in [-0.1, -0.05) is 6.07 Å². The number of rotatable bonds is 7. The second kappa shape index (κ2) is 8.22. The molecule has 0 amide bonds. The maximum Gasteiger partial charge on any atom is 0.161 e. The first-order chi connectivity index (χ1) is 11.1. The number of hydrazone groups is 1. The Hall–Kier alpha value is -2.49. The maximum atomic E-state index is 5.62. The van der Waals surface area contributed by atoms with E-state index in [1.807, 2.05) is 38.1 Å². The van der Waals surface area contributed by atoms with Gasteiger partial charge in [0.15, 0.2) is 11.5 Å². The van der Waals surface area contributed by atoms with Crippen LogP contribution in [-0.2, 0) is 0 Å². The van der Waals surface area contributed by atoms with Crippen molar-refractivity contribution in [2.75, 3.05) is 18.6 Å². The van der Waals surface area contributed by atoms with Gasteiger partial charge >= 0.3 is 0 Å². The van der Waals surface area contributed by atoms with Crippen LogP contribution in [0.2, 0.25) is 0 Å². The Bertz CT molecular complexity index is 681. The van der Waals surface area contributed by atoms with E-state index in [0.717, 1.165) is 22.7 Å². The molecule has 2 aromatic rings. The molecule has 1 N–H and O–H groups in total. The van der Waals surface area contributed by atoms with Crippen molar-refractivity contribution in [1.29, 1.82) is 0 Å². The number of hydrogen-bond donors (Lipinski definition) is 1. The number of aryl methyl sites for hydroxylation is 2. The number of anilines is 1. The molecule has 0 heterocycles. The first-order valence-electron chi connectivity index (χ1n) is 7.90. The lowest BCUT2D eigenvalue weighted by Gasteiger charge is -2.11. The van der Waals surface area contributed by atoms with E-state index in [9.17, 15) is 0 Å². The number of benzene rings is 2. The molecule has 0 radical (unpaired) electrons. The monoisotopic (exact) mass is 312 g/mol. The average molecular weight is 312 g/mol. The second-order valence-corrected chi connectivity index (χ2v) is 5.24. The highest BCUT2D eigenvalue weighted by atomic mass is 16.5. The van der Waals surface area contributed by atoms with Gasteiger partial charge in [-0.2, -0.15) is 5.10 Å². The molecule has 2 aromatic carbocycles. The molecule has 0 fully saturated rings. The van der Waals surface area contributed by atoms with Crippen LogP contribution in [0.3, 0.4) is 0 Å². The molecule has 0 saturated heterocycles. The molecule has 0 aromatic heterocycles. The summed E-state index contributed by atoms with van der Waals surface area (Å²) in [4.78, 5) is 0. The van der Waals surface area contributed by atoms with Crippen LogP contribution in [0.4, 0.5) is 5.69 Å². The number of nitrogens with one attached hydrogen (secondary N) is 1. The molecule has 0 bridgehead atoms. The number of hydrogen-bond acceptors (Lipinski definition) is 4. The van der Waals surface area contributed by atoms with Crippen molar-refractivity contribution < 1.29 is 9.47 Å². The van der Waals surface area contributed by atoms with Crippen LogP contribution in [0, 0.1) is 13.8 Å². The Kier molecular flexibility index (Phi) is 6.03. The van der Waals surface area contributed by atoms with E-state index in [1.165, 1.54) is 11.1 Å². The van der Waals surface area contributed by atoms with Gasteiger partial charge in [0, 0.05) is 0 Å². The normalized spacial score (nSPS) is 10.8. The van der Waals surface area contributed by atoms with Gasteiger partial charge in [0.05, 0.1) is 25.1 Å². The molecule has 0 spiro atoms. The Balaban J connectivity index is 2.09. The summed E-state index contributed by atoms with van der Waals surface area (Å²) in [5.41, 5.74) is 7.49. The van der Waals surface area contributed by atoms with E-state index >= 15 is 0 Å². The van der Waals surface area contributed by atoms with Gasteiger partial charge in [0.2, 0.25) is 0 Å². The van der Waals surface area contributed by atoms with Crippen molar-refractivity contribution in [1.82, 2.24) is 0 Å². The Morgan fingerprint density at radius 1 is 0.913 bits per heavy atom. The van der Waals surface area contributed by atoms with Crippen molar-refractivity contribution in [2.24, 2.45) is 5.10 Å². The molecule has 0 saturated carbocycles. The van der Waals surface area contributed by atoms with Crippen LogP contribution in [0.25, 0.3) is 0 Å². The minimum Gasteiger partial charge on any atom is -0.490 e. The predicted molar refractivity (Wildman–Crippen MR) is 95.9 cm³/mol. The zero-order valence-electron chi connectivity index (χ0n) is 14.2. The van der Waals surface area contributed by atoms with E-state index in [-0.39, 0.29) is 0 Å². The summed E-state index contributed by atoms with van der Waals surface area (Å²) in [7, 11) is 0. The van der Waals surface area contributed by atoms with Crippen LogP contribution < -0.4 is 14.9 Å². The van der Waals surface area contributed by atoms with Crippen molar-refractivity contribution in [2.45, 2.75) is 27.7 Å². The van der Waals surface area contributed by atoms with Crippen LogP contribution in [0.5, 0.6) is 11.5 Å². The lowest BCUT2D eigenvalue weighted by atomic mass is 10.1. The Morgan fingerprint density at radius 3 is 2.35 bits per heavy atom. The fraction of sp³-hybridized carbons (Fsp3) is 0.316. The third-order valence-corrected chi connectivity index (χ3v) is 3.48. The zero-order chi connectivity index (χ0) is 16.7. The molecule has 0 aliphatic rings. The van der Waals surface area contributed by atoms with E-state index in [4.69, 9.17) is 9.47 Å². The molecule has 0 aliphatic heterocycles. The fourth-order valence-electron chi connectivity index (χ4n) is 2.14. The van der Waals surface area contributed by atoms with Crippen molar-refractivity contribution in [3.8, 4) is 11.5 Å². The van der Waals surface area contributed by atoms with Crippen LogP contribution >= 0.6 is 0 Å². The van der Waals surface area contributed by atoms with E-state index < -0.39 is 0 Å². The first kappa shape index (κ1) is 16.9. The number of ether oxygens (including phenoxy) is 2. The molecule has 2 rings (SSSR count). The van der Waals surface area contributed by atoms with Crippen molar-refractivity contribution >= 4 is 11.9 Å². The summed E-state index contributed by atoms with van der Waals surface area (Å²) in [6.45, 7) is 9.31. The lowest BCUT2D eigenvalue weighted by Crippen LogP contribution is -1.99. The van der Waals surface area contributed by atoms with Gasteiger partial charge in [0.25, 0.3) is 0 Å². The smallest absolute Gasteiger partial charge is 0.161 e. The van der Waals surface area contributed by atoms with E-state index in [2.05, 4.69) is 36.5 Å². The summed E-state index contributed by atoms with van der Waals surface area (Å²) < 4.78 is 11.2. The molecule has 0 aliphatic carbocycles. The SMILES string of the molecule is CCOc1ccc(/C=N/Nc2ccc(C)c(C)c2)cc1OCC. The second-order valence-electron chi connectivity index (χ2n) is 5.24. The van der Waals surface area contributed by atoms with Gasteiger partial charge in [0.1, 0.15) is 0 Å². The molecule has 4 nitrogen and oxygen atoms in total. The molecule has 122 valence electrons. The minimum absolute atomic E-state index is 0.599. The summed E-state index contributed by atoms with van der Waals surface area (Å²) in [5.74, 6) is 1.50. The minimum atomic E-state index is 0.599. The molecule has 0 atom stereocenters. The van der Waals surface area contributed by atoms with Gasteiger partial charge in [-0.25, -0.2) is 0 Å². The van der Waals surface area contributed by atoms with E-state index in [0.29, 0.717) is 13.2 Å². The Morgan fingerprint density at radius 2 is 1.65 bits per heavy atom. The standard InChI is InChI=1S/C19H24N2O2/c1-5-22-18-10-8-16(12-19(18)23-6-2)13-20-21-17-9-7-14(3)15(4)11-17/h7-13,21H,5-6H2,1-4H3/b20-13+. The summed E-state index contributed by atoms with van der Waals surface area (Å²) >= 11 is 0. The quantitative estimate of drug-likeness (QED) is 0.602. The lowest BCUT2D eigenvalue weighted by molar-refractivity contribution is 0.288. The highest BCUT2D eigenvalue weighted by Gasteiger charge is 2.05. The summed E-state index contributed by atoms with van der Waals surface area (Å²) in [6.07, 6.45) is 1.77. The third kappa shape index (κ3) is 4.74. The summed E-state index contributed by atoms with van der Waals surface area (Å²) in [6, 6.07) is 12.0. The van der Waals surface area contributed by atoms with Gasteiger partial charge < -0.3 is 9.47 Å². The molecule has 4 heteroatoms. The number of nitrogens with zero attached hydrogens (tertiary/aromatic N) is 1. The molecular formula is C19H24N2O2. The van der Waals surface area contributed by atoms with E-state index in [1.54, 1.807) is 6.21 Å². The topological polar surface area (TPSA) is 42.8 Å². The highest BCUT2D eigenvalue weighted by Crippen LogP contribution is 2.28. The highest BCUT2D eigenvalue weighted by molar-refractivity contribution is 5.81. The predicted octanol–water partition coefficient (Wildman–Crippen LogP) is 4.55. The molecule has 23 heavy (non-hydrogen) atoms. The third-order valence-electron chi connectivity index (χ3n) is 3.48. The van der Waals surface area contributed by atoms with Crippen molar-refractivity contribution in [3.05, 3.63) is 53.1 Å². The molecular weight excluding hydrogens is 288 g/mol. The zero-order valence-corrected chi connectivity index (χ0v) is 14.2. The molecule has 0 unspecified atom stereocenters. The first-order valence-corrected chi connectivity index (χ1v) is 7.90. The maximum absolute atomic E-state index is 5.62. The average Bonchev–Trinajstić information content (AvgIpc) is 2.54.